The van der Waals surface area contributed by atoms with Crippen LogP contribution in [0.25, 0.3) is 10.2 Å². The fraction of sp³-hybridized carbons (Fsp3) is 0.562. The van der Waals surface area contributed by atoms with Gasteiger partial charge < -0.3 is 10.4 Å². The SMILES string of the molecule is CCNc1nc2ccc(CN3CCN(CCO)CC3)cc2s1. The van der Waals surface area contributed by atoms with E-state index in [2.05, 4.69) is 45.2 Å². The lowest BCUT2D eigenvalue weighted by atomic mass is 10.2. The van der Waals surface area contributed by atoms with E-state index in [0.29, 0.717) is 0 Å². The first-order valence-corrected chi connectivity index (χ1v) is 8.79. The smallest absolute Gasteiger partial charge is 0.183 e. The van der Waals surface area contributed by atoms with Gasteiger partial charge in [-0.3, -0.25) is 9.80 Å². The molecule has 2 heterocycles. The highest BCUT2D eigenvalue weighted by molar-refractivity contribution is 7.22. The number of piperazine rings is 1. The molecule has 1 aliphatic rings. The number of rotatable bonds is 6. The normalized spacial score (nSPS) is 17.2. The van der Waals surface area contributed by atoms with E-state index in [-0.39, 0.29) is 6.61 Å². The minimum Gasteiger partial charge on any atom is -0.395 e. The lowest BCUT2D eigenvalue weighted by Gasteiger charge is -2.34. The number of aromatic nitrogens is 1. The van der Waals surface area contributed by atoms with E-state index in [1.54, 1.807) is 11.3 Å². The van der Waals surface area contributed by atoms with Crippen LogP contribution in [0.4, 0.5) is 5.13 Å². The van der Waals surface area contributed by atoms with Crippen LogP contribution in [0.1, 0.15) is 12.5 Å². The van der Waals surface area contributed by atoms with Gasteiger partial charge in [0.05, 0.1) is 16.8 Å². The van der Waals surface area contributed by atoms with Crippen molar-refractivity contribution in [1.29, 1.82) is 0 Å². The molecule has 1 saturated heterocycles. The van der Waals surface area contributed by atoms with Crippen molar-refractivity contribution in [1.82, 2.24) is 14.8 Å². The molecule has 2 aromatic rings. The standard InChI is InChI=1S/C16H24N4OS/c1-2-17-16-18-14-4-3-13(11-15(14)22-16)12-20-7-5-19(6-8-20)9-10-21/h3-4,11,21H,2,5-10,12H2,1H3,(H,17,18). The molecule has 6 heteroatoms. The summed E-state index contributed by atoms with van der Waals surface area (Å²) in [7, 11) is 0. The van der Waals surface area contributed by atoms with Gasteiger partial charge in [-0.05, 0) is 24.6 Å². The Morgan fingerprint density at radius 1 is 1.23 bits per heavy atom. The van der Waals surface area contributed by atoms with Gasteiger partial charge in [-0.25, -0.2) is 4.98 Å². The van der Waals surface area contributed by atoms with Crippen LogP contribution >= 0.6 is 11.3 Å². The molecule has 2 N–H and O–H groups in total. The summed E-state index contributed by atoms with van der Waals surface area (Å²) in [6.07, 6.45) is 0. The van der Waals surface area contributed by atoms with Crippen molar-refractivity contribution in [3.8, 4) is 0 Å². The van der Waals surface area contributed by atoms with E-state index in [4.69, 9.17) is 5.11 Å². The van der Waals surface area contributed by atoms with Gasteiger partial charge in [0.15, 0.2) is 5.13 Å². The number of aliphatic hydroxyl groups excluding tert-OH is 1. The first kappa shape index (κ1) is 15.7. The highest BCUT2D eigenvalue weighted by Gasteiger charge is 2.16. The van der Waals surface area contributed by atoms with E-state index in [1.807, 2.05) is 0 Å². The molecule has 0 unspecified atom stereocenters. The summed E-state index contributed by atoms with van der Waals surface area (Å²) in [6, 6.07) is 6.59. The van der Waals surface area contributed by atoms with Crippen molar-refractivity contribution in [2.24, 2.45) is 0 Å². The largest absolute Gasteiger partial charge is 0.395 e. The first-order valence-electron chi connectivity index (χ1n) is 7.97. The van der Waals surface area contributed by atoms with Crippen molar-refractivity contribution in [3.05, 3.63) is 23.8 Å². The molecule has 3 rings (SSSR count). The lowest BCUT2D eigenvalue weighted by Crippen LogP contribution is -2.46. The molecule has 0 radical (unpaired) electrons. The zero-order valence-corrected chi connectivity index (χ0v) is 13.9. The van der Waals surface area contributed by atoms with E-state index in [1.165, 1.54) is 10.3 Å². The van der Waals surface area contributed by atoms with Crippen LogP contribution in [0.2, 0.25) is 0 Å². The van der Waals surface area contributed by atoms with Gasteiger partial charge in [0.1, 0.15) is 0 Å². The Labute approximate surface area is 135 Å². The van der Waals surface area contributed by atoms with Gasteiger partial charge in [0.2, 0.25) is 0 Å². The number of hydrogen-bond acceptors (Lipinski definition) is 6. The number of nitrogens with zero attached hydrogens (tertiary/aromatic N) is 3. The highest BCUT2D eigenvalue weighted by Crippen LogP contribution is 2.27. The van der Waals surface area contributed by atoms with Crippen LogP contribution in [0.5, 0.6) is 0 Å². The second kappa shape index (κ2) is 7.37. The molecule has 0 atom stereocenters. The molecular formula is C16H24N4OS. The minimum absolute atomic E-state index is 0.260. The average Bonchev–Trinajstić information content (AvgIpc) is 2.91. The number of thiazole rings is 1. The molecule has 120 valence electrons. The molecule has 0 spiro atoms. The molecule has 0 bridgehead atoms. The maximum absolute atomic E-state index is 9.00. The summed E-state index contributed by atoms with van der Waals surface area (Å²) < 4.78 is 1.26. The third-order valence-corrected chi connectivity index (χ3v) is 5.04. The molecule has 1 aromatic heterocycles. The van der Waals surface area contributed by atoms with Crippen molar-refractivity contribution in [2.45, 2.75) is 13.5 Å². The summed E-state index contributed by atoms with van der Waals surface area (Å²) in [5.41, 5.74) is 2.44. The van der Waals surface area contributed by atoms with Crippen molar-refractivity contribution in [2.75, 3.05) is 51.2 Å². The van der Waals surface area contributed by atoms with Gasteiger partial charge >= 0.3 is 0 Å². The molecule has 0 aliphatic carbocycles. The van der Waals surface area contributed by atoms with Crippen LogP contribution in [-0.2, 0) is 6.54 Å². The van der Waals surface area contributed by atoms with Gasteiger partial charge in [0.25, 0.3) is 0 Å². The molecule has 1 aliphatic heterocycles. The quantitative estimate of drug-likeness (QED) is 0.850. The monoisotopic (exact) mass is 320 g/mol. The van der Waals surface area contributed by atoms with Crippen LogP contribution in [-0.4, -0.2) is 65.8 Å². The van der Waals surface area contributed by atoms with Gasteiger partial charge in [-0.2, -0.15) is 0 Å². The Kier molecular flexibility index (Phi) is 5.25. The number of benzene rings is 1. The predicted octanol–water partition coefficient (Wildman–Crippen LogP) is 1.84. The molecule has 1 fully saturated rings. The van der Waals surface area contributed by atoms with Crippen molar-refractivity contribution >= 4 is 26.7 Å². The summed E-state index contributed by atoms with van der Waals surface area (Å²) >= 11 is 1.73. The fourth-order valence-corrected chi connectivity index (χ4v) is 3.86. The Hall–Kier alpha value is -1.21. The number of fused-ring (bicyclic) bond motifs is 1. The van der Waals surface area contributed by atoms with Crippen LogP contribution in [0, 0.1) is 0 Å². The first-order chi connectivity index (χ1) is 10.8. The third kappa shape index (κ3) is 3.76. The molecule has 0 amide bonds. The zero-order chi connectivity index (χ0) is 15.4. The number of hydrogen-bond donors (Lipinski definition) is 2. The highest BCUT2D eigenvalue weighted by atomic mass is 32.1. The number of aliphatic hydroxyl groups is 1. The molecule has 5 nitrogen and oxygen atoms in total. The second-order valence-corrected chi connectivity index (χ2v) is 6.72. The molecule has 22 heavy (non-hydrogen) atoms. The van der Waals surface area contributed by atoms with Crippen LogP contribution in [0.3, 0.4) is 0 Å². The Morgan fingerprint density at radius 2 is 2.00 bits per heavy atom. The number of anilines is 1. The fourth-order valence-electron chi connectivity index (χ4n) is 2.86. The van der Waals surface area contributed by atoms with E-state index in [0.717, 1.165) is 56.5 Å². The number of nitrogens with one attached hydrogen (secondary N) is 1. The second-order valence-electron chi connectivity index (χ2n) is 5.69. The Bertz CT molecular complexity index is 607. The van der Waals surface area contributed by atoms with E-state index < -0.39 is 0 Å². The van der Waals surface area contributed by atoms with Gasteiger partial charge in [0, 0.05) is 45.8 Å². The van der Waals surface area contributed by atoms with Crippen LogP contribution in [0.15, 0.2) is 18.2 Å². The molecule has 1 aromatic carbocycles. The van der Waals surface area contributed by atoms with Crippen LogP contribution < -0.4 is 5.32 Å². The Balaban J connectivity index is 1.62. The molecule has 0 saturated carbocycles. The summed E-state index contributed by atoms with van der Waals surface area (Å²) in [5.74, 6) is 0. The van der Waals surface area contributed by atoms with Gasteiger partial charge in [-0.15, -0.1) is 0 Å². The topological polar surface area (TPSA) is 51.6 Å². The average molecular weight is 320 g/mol. The van der Waals surface area contributed by atoms with Crippen molar-refractivity contribution < 1.29 is 5.11 Å². The number of β-amino-alcohol motifs (C(OH)–C–C–N with tert-alkyl or cyclic N) is 1. The molecular weight excluding hydrogens is 296 g/mol. The van der Waals surface area contributed by atoms with Crippen molar-refractivity contribution in [3.63, 3.8) is 0 Å². The Morgan fingerprint density at radius 3 is 2.73 bits per heavy atom. The van der Waals surface area contributed by atoms with Gasteiger partial charge in [-0.1, -0.05) is 17.4 Å². The summed E-state index contributed by atoms with van der Waals surface area (Å²) in [6.45, 7) is 9.30. The van der Waals surface area contributed by atoms with E-state index >= 15 is 0 Å². The summed E-state index contributed by atoms with van der Waals surface area (Å²) in [4.78, 5) is 9.40. The maximum atomic E-state index is 9.00. The minimum atomic E-state index is 0.260. The summed E-state index contributed by atoms with van der Waals surface area (Å²) in [5, 5.41) is 13.3. The zero-order valence-electron chi connectivity index (χ0n) is 13.1. The third-order valence-electron chi connectivity index (χ3n) is 4.07. The lowest BCUT2D eigenvalue weighted by molar-refractivity contribution is 0.108. The maximum Gasteiger partial charge on any atom is 0.183 e. The van der Waals surface area contributed by atoms with E-state index in [9.17, 15) is 0 Å². The predicted molar refractivity (Wildman–Crippen MR) is 92.6 cm³/mol.